The van der Waals surface area contributed by atoms with Crippen LogP contribution in [0.5, 0.6) is 11.5 Å². The van der Waals surface area contributed by atoms with Crippen LogP contribution < -0.4 is 9.64 Å². The summed E-state index contributed by atoms with van der Waals surface area (Å²) in [5.74, 6) is 1.47. The van der Waals surface area contributed by atoms with Gasteiger partial charge < -0.3 is 9.64 Å². The van der Waals surface area contributed by atoms with Gasteiger partial charge in [-0.1, -0.05) is 18.2 Å². The van der Waals surface area contributed by atoms with Gasteiger partial charge in [0.15, 0.2) is 0 Å². The SMILES string of the molecule is Cc1ccc(C=O)cc1Oc1cccc(N(C)C)c1. The Morgan fingerprint density at radius 1 is 1.11 bits per heavy atom. The summed E-state index contributed by atoms with van der Waals surface area (Å²) in [5, 5.41) is 0. The van der Waals surface area contributed by atoms with Crippen LogP contribution in [0.4, 0.5) is 5.69 Å². The van der Waals surface area contributed by atoms with Gasteiger partial charge in [0.25, 0.3) is 0 Å². The van der Waals surface area contributed by atoms with Crippen LogP contribution in [0.2, 0.25) is 0 Å². The van der Waals surface area contributed by atoms with Crippen LogP contribution >= 0.6 is 0 Å². The normalized spacial score (nSPS) is 10.1. The van der Waals surface area contributed by atoms with Gasteiger partial charge in [0.1, 0.15) is 17.8 Å². The molecular weight excluding hydrogens is 238 g/mol. The molecule has 3 heteroatoms. The molecule has 3 nitrogen and oxygen atoms in total. The van der Waals surface area contributed by atoms with Crippen molar-refractivity contribution in [1.29, 1.82) is 0 Å². The molecule has 0 aliphatic carbocycles. The number of anilines is 1. The summed E-state index contributed by atoms with van der Waals surface area (Å²) in [6.07, 6.45) is 0.822. The summed E-state index contributed by atoms with van der Waals surface area (Å²) >= 11 is 0. The van der Waals surface area contributed by atoms with Crippen LogP contribution in [0.3, 0.4) is 0 Å². The van der Waals surface area contributed by atoms with E-state index in [-0.39, 0.29) is 0 Å². The van der Waals surface area contributed by atoms with Crippen LogP contribution in [-0.4, -0.2) is 20.4 Å². The van der Waals surface area contributed by atoms with E-state index in [4.69, 9.17) is 4.74 Å². The number of aryl methyl sites for hydroxylation is 1. The van der Waals surface area contributed by atoms with Crippen LogP contribution in [0.1, 0.15) is 15.9 Å². The third-order valence-electron chi connectivity index (χ3n) is 2.91. The fraction of sp³-hybridized carbons (Fsp3) is 0.188. The lowest BCUT2D eigenvalue weighted by atomic mass is 10.1. The first-order chi connectivity index (χ1) is 9.10. The number of ether oxygens (including phenoxy) is 1. The molecule has 98 valence electrons. The fourth-order valence-electron chi connectivity index (χ4n) is 1.75. The second-order valence-electron chi connectivity index (χ2n) is 4.64. The number of nitrogens with zero attached hydrogens (tertiary/aromatic N) is 1. The van der Waals surface area contributed by atoms with Gasteiger partial charge in [0, 0.05) is 31.4 Å². The summed E-state index contributed by atoms with van der Waals surface area (Å²) in [6, 6.07) is 13.3. The van der Waals surface area contributed by atoms with Gasteiger partial charge in [-0.3, -0.25) is 4.79 Å². The van der Waals surface area contributed by atoms with Crippen molar-refractivity contribution in [1.82, 2.24) is 0 Å². The van der Waals surface area contributed by atoms with Crippen molar-refractivity contribution in [2.75, 3.05) is 19.0 Å². The Kier molecular flexibility index (Phi) is 3.85. The highest BCUT2D eigenvalue weighted by Gasteiger charge is 2.04. The van der Waals surface area contributed by atoms with Gasteiger partial charge in [-0.25, -0.2) is 0 Å². The molecule has 0 aliphatic heterocycles. The monoisotopic (exact) mass is 255 g/mol. The lowest BCUT2D eigenvalue weighted by Crippen LogP contribution is -2.08. The zero-order valence-corrected chi connectivity index (χ0v) is 11.4. The Morgan fingerprint density at radius 2 is 1.89 bits per heavy atom. The molecule has 0 aromatic heterocycles. The summed E-state index contributed by atoms with van der Waals surface area (Å²) in [7, 11) is 3.97. The van der Waals surface area contributed by atoms with Gasteiger partial charge in [0.2, 0.25) is 0 Å². The van der Waals surface area contributed by atoms with Crippen LogP contribution in [0.25, 0.3) is 0 Å². The van der Waals surface area contributed by atoms with Gasteiger partial charge in [-0.15, -0.1) is 0 Å². The Bertz CT molecular complexity index is 591. The van der Waals surface area contributed by atoms with E-state index in [0.29, 0.717) is 11.3 Å². The fourth-order valence-corrected chi connectivity index (χ4v) is 1.75. The minimum atomic E-state index is 0.615. The minimum absolute atomic E-state index is 0.615. The average Bonchev–Trinajstić information content (AvgIpc) is 2.41. The molecule has 0 N–H and O–H groups in total. The Morgan fingerprint density at radius 3 is 2.58 bits per heavy atom. The average molecular weight is 255 g/mol. The van der Waals surface area contributed by atoms with Crippen molar-refractivity contribution in [3.05, 3.63) is 53.6 Å². The summed E-state index contributed by atoms with van der Waals surface area (Å²) in [5.41, 5.74) is 2.69. The Balaban J connectivity index is 2.30. The van der Waals surface area contributed by atoms with Crippen LogP contribution in [0.15, 0.2) is 42.5 Å². The number of carbonyl (C=O) groups excluding carboxylic acids is 1. The minimum Gasteiger partial charge on any atom is -0.457 e. The second-order valence-corrected chi connectivity index (χ2v) is 4.64. The van der Waals surface area contributed by atoms with Crippen molar-refractivity contribution >= 4 is 12.0 Å². The van der Waals surface area contributed by atoms with Crippen molar-refractivity contribution in [3.63, 3.8) is 0 Å². The molecule has 0 unspecified atom stereocenters. The van der Waals surface area contributed by atoms with Crippen LogP contribution in [0, 0.1) is 6.92 Å². The first-order valence-corrected chi connectivity index (χ1v) is 6.11. The van der Waals surface area contributed by atoms with E-state index in [9.17, 15) is 4.79 Å². The number of hydrogen-bond donors (Lipinski definition) is 0. The third-order valence-corrected chi connectivity index (χ3v) is 2.91. The topological polar surface area (TPSA) is 29.5 Å². The Hall–Kier alpha value is -2.29. The van der Waals surface area contributed by atoms with E-state index < -0.39 is 0 Å². The van der Waals surface area contributed by atoms with Gasteiger partial charge in [0.05, 0.1) is 0 Å². The molecule has 0 saturated carbocycles. The lowest BCUT2D eigenvalue weighted by Gasteiger charge is -2.14. The number of benzene rings is 2. The van der Waals surface area contributed by atoms with Crippen LogP contribution in [-0.2, 0) is 0 Å². The molecule has 0 bridgehead atoms. The van der Waals surface area contributed by atoms with Crippen molar-refractivity contribution in [3.8, 4) is 11.5 Å². The predicted octanol–water partition coefficient (Wildman–Crippen LogP) is 3.67. The quantitative estimate of drug-likeness (QED) is 0.781. The first kappa shape index (κ1) is 13.1. The van der Waals surface area contributed by atoms with E-state index in [0.717, 1.165) is 23.3 Å². The highest BCUT2D eigenvalue weighted by atomic mass is 16.5. The van der Waals surface area contributed by atoms with Crippen molar-refractivity contribution < 1.29 is 9.53 Å². The molecule has 0 atom stereocenters. The lowest BCUT2D eigenvalue weighted by molar-refractivity contribution is 0.112. The zero-order valence-electron chi connectivity index (χ0n) is 11.4. The summed E-state index contributed by atoms with van der Waals surface area (Å²) in [4.78, 5) is 12.8. The molecule has 0 fully saturated rings. The molecule has 0 spiro atoms. The molecular formula is C16H17NO2. The molecule has 2 rings (SSSR count). The highest BCUT2D eigenvalue weighted by Crippen LogP contribution is 2.28. The number of carbonyl (C=O) groups is 1. The van der Waals surface area contributed by atoms with Gasteiger partial charge >= 0.3 is 0 Å². The Labute approximate surface area is 113 Å². The molecule has 2 aromatic rings. The summed E-state index contributed by atoms with van der Waals surface area (Å²) < 4.78 is 5.86. The number of hydrogen-bond acceptors (Lipinski definition) is 3. The van der Waals surface area contributed by atoms with E-state index >= 15 is 0 Å². The predicted molar refractivity (Wildman–Crippen MR) is 77.4 cm³/mol. The van der Waals surface area contributed by atoms with Gasteiger partial charge in [-0.2, -0.15) is 0 Å². The molecule has 2 aromatic carbocycles. The zero-order chi connectivity index (χ0) is 13.8. The molecule has 0 radical (unpaired) electrons. The molecule has 0 aliphatic rings. The van der Waals surface area contributed by atoms with Crippen molar-refractivity contribution in [2.45, 2.75) is 6.92 Å². The maximum Gasteiger partial charge on any atom is 0.150 e. The summed E-state index contributed by atoms with van der Waals surface area (Å²) in [6.45, 7) is 1.96. The first-order valence-electron chi connectivity index (χ1n) is 6.11. The third kappa shape index (κ3) is 3.13. The molecule has 0 amide bonds. The molecule has 19 heavy (non-hydrogen) atoms. The smallest absolute Gasteiger partial charge is 0.150 e. The van der Waals surface area contributed by atoms with E-state index in [1.54, 1.807) is 12.1 Å². The number of rotatable bonds is 4. The van der Waals surface area contributed by atoms with Gasteiger partial charge in [-0.05, 0) is 30.7 Å². The van der Waals surface area contributed by atoms with E-state index in [2.05, 4.69) is 0 Å². The maximum absolute atomic E-state index is 10.8. The maximum atomic E-state index is 10.8. The highest BCUT2D eigenvalue weighted by molar-refractivity contribution is 5.76. The second kappa shape index (κ2) is 5.57. The largest absolute Gasteiger partial charge is 0.457 e. The number of aldehydes is 1. The van der Waals surface area contributed by atoms with E-state index in [1.807, 2.05) is 56.3 Å². The molecule has 0 heterocycles. The standard InChI is InChI=1S/C16H17NO2/c1-12-7-8-13(11-18)9-16(12)19-15-6-4-5-14(10-15)17(2)3/h4-11H,1-3H3. The van der Waals surface area contributed by atoms with E-state index in [1.165, 1.54) is 0 Å². The molecule has 0 saturated heterocycles. The van der Waals surface area contributed by atoms with Crippen molar-refractivity contribution in [2.24, 2.45) is 0 Å².